The SMILES string of the molecule is NC(=O)c1cccc(N2CCC(c3[nH]nc4ccc(C(c5ccc(Cl)cc5)c5ccc(Cl)cc5)cc34)CC2)c1. The van der Waals surface area contributed by atoms with Crippen molar-refractivity contribution in [1.29, 1.82) is 0 Å². The Morgan fingerprint density at radius 3 is 2.08 bits per heavy atom. The second-order valence-electron chi connectivity index (χ2n) is 10.1. The minimum Gasteiger partial charge on any atom is -0.371 e. The van der Waals surface area contributed by atoms with E-state index in [1.54, 1.807) is 6.07 Å². The Kier molecular flexibility index (Phi) is 7.03. The number of anilines is 1. The highest BCUT2D eigenvalue weighted by molar-refractivity contribution is 6.30. The van der Waals surface area contributed by atoms with Gasteiger partial charge >= 0.3 is 0 Å². The van der Waals surface area contributed by atoms with Crippen molar-refractivity contribution in [3.63, 3.8) is 0 Å². The molecule has 0 atom stereocenters. The van der Waals surface area contributed by atoms with E-state index in [9.17, 15) is 4.79 Å². The molecule has 1 amide bonds. The summed E-state index contributed by atoms with van der Waals surface area (Å²) in [5, 5.41) is 10.6. The van der Waals surface area contributed by atoms with Crippen molar-refractivity contribution in [2.45, 2.75) is 24.7 Å². The van der Waals surface area contributed by atoms with Gasteiger partial charge < -0.3 is 10.6 Å². The molecule has 1 aliphatic rings. The number of carbonyl (C=O) groups is 1. The highest BCUT2D eigenvalue weighted by atomic mass is 35.5. The van der Waals surface area contributed by atoms with Crippen LogP contribution < -0.4 is 10.6 Å². The minimum atomic E-state index is -0.401. The lowest BCUT2D eigenvalue weighted by Gasteiger charge is -2.33. The number of rotatable bonds is 6. The molecule has 7 heteroatoms. The number of halogens is 2. The van der Waals surface area contributed by atoms with Crippen LogP contribution in [0.15, 0.2) is 91.0 Å². The summed E-state index contributed by atoms with van der Waals surface area (Å²) >= 11 is 12.4. The van der Waals surface area contributed by atoms with Crippen molar-refractivity contribution in [2.24, 2.45) is 5.73 Å². The number of piperidine rings is 1. The van der Waals surface area contributed by atoms with Gasteiger partial charge in [-0.25, -0.2) is 0 Å². The molecule has 0 radical (unpaired) electrons. The molecule has 5 nitrogen and oxygen atoms in total. The zero-order chi connectivity index (χ0) is 26.9. The van der Waals surface area contributed by atoms with Crippen molar-refractivity contribution >= 4 is 45.7 Å². The Hall–Kier alpha value is -3.80. The van der Waals surface area contributed by atoms with Crippen LogP contribution in [0.3, 0.4) is 0 Å². The summed E-state index contributed by atoms with van der Waals surface area (Å²) in [6.45, 7) is 1.79. The number of fused-ring (bicyclic) bond motifs is 1. The number of primary amides is 1. The van der Waals surface area contributed by atoms with Crippen LogP contribution in [0.5, 0.6) is 0 Å². The molecule has 0 bridgehead atoms. The molecule has 196 valence electrons. The van der Waals surface area contributed by atoms with E-state index in [0.717, 1.165) is 53.6 Å². The third-order valence-corrected chi connectivity index (χ3v) is 8.25. The summed E-state index contributed by atoms with van der Waals surface area (Å²) in [7, 11) is 0. The fraction of sp³-hybridized carbons (Fsp3) is 0.188. The number of nitrogens with zero attached hydrogens (tertiary/aromatic N) is 2. The molecule has 2 heterocycles. The number of aromatic nitrogens is 2. The number of nitrogens with one attached hydrogen (secondary N) is 1. The van der Waals surface area contributed by atoms with Gasteiger partial charge in [-0.1, -0.05) is 59.6 Å². The van der Waals surface area contributed by atoms with Crippen LogP contribution >= 0.6 is 23.2 Å². The van der Waals surface area contributed by atoms with E-state index in [0.29, 0.717) is 21.5 Å². The van der Waals surface area contributed by atoms with E-state index in [1.165, 1.54) is 11.3 Å². The molecule has 1 aliphatic heterocycles. The first-order chi connectivity index (χ1) is 19.0. The Morgan fingerprint density at radius 2 is 1.46 bits per heavy atom. The van der Waals surface area contributed by atoms with Crippen LogP contribution in [0, 0.1) is 0 Å². The molecule has 0 saturated carbocycles. The van der Waals surface area contributed by atoms with Crippen LogP contribution in [0.25, 0.3) is 10.9 Å². The summed E-state index contributed by atoms with van der Waals surface area (Å²) < 4.78 is 0. The monoisotopic (exact) mass is 554 g/mol. The van der Waals surface area contributed by atoms with Gasteiger partial charge in [-0.15, -0.1) is 0 Å². The standard InChI is InChI=1S/C32H28Cl2N4O/c33-25-9-4-20(5-10-25)30(21-6-11-26(34)12-7-21)23-8-13-29-28(19-23)31(37-36-29)22-14-16-38(17-15-22)27-3-1-2-24(18-27)32(35)39/h1-13,18-19,22,30H,14-17H2,(H2,35,39)(H,36,37). The zero-order valence-electron chi connectivity index (χ0n) is 21.3. The number of nitrogens with two attached hydrogens (primary N) is 1. The first kappa shape index (κ1) is 25.5. The minimum absolute atomic E-state index is 0.0334. The van der Waals surface area contributed by atoms with Gasteiger partial charge in [0.2, 0.25) is 5.91 Å². The molecule has 4 aromatic carbocycles. The van der Waals surface area contributed by atoms with Gasteiger partial charge in [0.05, 0.1) is 5.52 Å². The number of hydrogen-bond donors (Lipinski definition) is 2. The molecule has 5 aromatic rings. The van der Waals surface area contributed by atoms with Crippen LogP contribution in [0.4, 0.5) is 5.69 Å². The van der Waals surface area contributed by atoms with Crippen LogP contribution in [-0.4, -0.2) is 29.2 Å². The Morgan fingerprint density at radius 1 is 0.846 bits per heavy atom. The summed E-state index contributed by atoms with van der Waals surface area (Å²) in [5.74, 6) is -0.00151. The first-order valence-corrected chi connectivity index (χ1v) is 13.9. The van der Waals surface area contributed by atoms with Gasteiger partial charge in [0.25, 0.3) is 0 Å². The molecule has 0 spiro atoms. The maximum absolute atomic E-state index is 11.6. The third-order valence-electron chi connectivity index (χ3n) is 7.75. The quantitative estimate of drug-likeness (QED) is 0.213. The Labute approximate surface area is 237 Å². The summed E-state index contributed by atoms with van der Waals surface area (Å²) in [4.78, 5) is 14.0. The van der Waals surface area contributed by atoms with Gasteiger partial charge in [0, 0.05) is 57.3 Å². The highest BCUT2D eigenvalue weighted by Crippen LogP contribution is 2.38. The normalized spacial score (nSPS) is 14.3. The van der Waals surface area contributed by atoms with Crippen molar-refractivity contribution < 1.29 is 4.79 Å². The van der Waals surface area contributed by atoms with E-state index in [2.05, 4.69) is 57.6 Å². The second-order valence-corrected chi connectivity index (χ2v) is 11.0. The fourth-order valence-electron chi connectivity index (χ4n) is 5.71. The van der Waals surface area contributed by atoms with Gasteiger partial charge in [-0.3, -0.25) is 9.89 Å². The zero-order valence-corrected chi connectivity index (χ0v) is 22.8. The summed E-state index contributed by atoms with van der Waals surface area (Å²) in [6.07, 6.45) is 1.97. The Bertz CT molecular complexity index is 1580. The smallest absolute Gasteiger partial charge is 0.248 e. The van der Waals surface area contributed by atoms with E-state index in [-0.39, 0.29) is 5.92 Å². The predicted octanol–water partition coefficient (Wildman–Crippen LogP) is 7.53. The maximum Gasteiger partial charge on any atom is 0.248 e. The Balaban J connectivity index is 1.30. The fourth-order valence-corrected chi connectivity index (χ4v) is 5.96. The number of aromatic amines is 1. The van der Waals surface area contributed by atoms with Crippen LogP contribution in [0.2, 0.25) is 10.0 Å². The molecule has 6 rings (SSSR count). The molecular weight excluding hydrogens is 527 g/mol. The van der Waals surface area contributed by atoms with Crippen LogP contribution in [0.1, 0.15) is 57.4 Å². The van der Waals surface area contributed by atoms with E-state index >= 15 is 0 Å². The van der Waals surface area contributed by atoms with Gasteiger partial charge in [0.15, 0.2) is 0 Å². The van der Waals surface area contributed by atoms with E-state index in [4.69, 9.17) is 28.9 Å². The summed E-state index contributed by atoms with van der Waals surface area (Å²) in [6, 6.07) is 30.2. The second kappa shape index (κ2) is 10.8. The number of benzene rings is 4. The lowest BCUT2D eigenvalue weighted by molar-refractivity contribution is 0.100. The van der Waals surface area contributed by atoms with E-state index in [1.807, 2.05) is 42.5 Å². The maximum atomic E-state index is 11.6. The van der Waals surface area contributed by atoms with Gasteiger partial charge in [-0.05, 0) is 84.1 Å². The average Bonchev–Trinajstić information content (AvgIpc) is 3.39. The molecule has 1 saturated heterocycles. The molecule has 1 fully saturated rings. The number of H-pyrrole nitrogens is 1. The lowest BCUT2D eigenvalue weighted by atomic mass is 9.84. The molecule has 3 N–H and O–H groups in total. The number of amides is 1. The largest absolute Gasteiger partial charge is 0.371 e. The topological polar surface area (TPSA) is 75.0 Å². The molecule has 0 unspecified atom stereocenters. The van der Waals surface area contributed by atoms with E-state index < -0.39 is 5.91 Å². The van der Waals surface area contributed by atoms with Crippen molar-refractivity contribution in [1.82, 2.24) is 10.2 Å². The highest BCUT2D eigenvalue weighted by Gasteiger charge is 2.25. The number of hydrogen-bond acceptors (Lipinski definition) is 3. The number of carbonyl (C=O) groups excluding carboxylic acids is 1. The molecule has 1 aromatic heterocycles. The molecule has 39 heavy (non-hydrogen) atoms. The first-order valence-electron chi connectivity index (χ1n) is 13.1. The summed E-state index contributed by atoms with van der Waals surface area (Å²) in [5.41, 5.74) is 12.7. The van der Waals surface area contributed by atoms with Crippen molar-refractivity contribution in [3.8, 4) is 0 Å². The van der Waals surface area contributed by atoms with Gasteiger partial charge in [0.1, 0.15) is 0 Å². The lowest BCUT2D eigenvalue weighted by Crippen LogP contribution is -2.33. The third kappa shape index (κ3) is 5.25. The van der Waals surface area contributed by atoms with Gasteiger partial charge in [-0.2, -0.15) is 5.10 Å². The van der Waals surface area contributed by atoms with Crippen molar-refractivity contribution in [3.05, 3.63) is 129 Å². The average molecular weight is 556 g/mol. The van der Waals surface area contributed by atoms with Crippen LogP contribution in [-0.2, 0) is 0 Å². The van der Waals surface area contributed by atoms with Crippen molar-refractivity contribution in [2.75, 3.05) is 18.0 Å². The molecular formula is C32H28Cl2N4O. The predicted molar refractivity (Wildman–Crippen MR) is 159 cm³/mol. The molecule has 0 aliphatic carbocycles.